The van der Waals surface area contributed by atoms with Crippen molar-refractivity contribution >= 4 is 11.6 Å². The molecule has 1 N–H and O–H groups in total. The minimum absolute atomic E-state index is 0.717. The van der Waals surface area contributed by atoms with Gasteiger partial charge in [-0.2, -0.15) is 4.98 Å². The second-order valence-electron chi connectivity index (χ2n) is 3.72. The normalized spacial score (nSPS) is 10.8. The average molecular weight is 204 g/mol. The summed E-state index contributed by atoms with van der Waals surface area (Å²) in [6, 6.07) is 4.05. The van der Waals surface area contributed by atoms with Crippen LogP contribution in [0.1, 0.15) is 25.3 Å². The van der Waals surface area contributed by atoms with Crippen LogP contribution in [0.3, 0.4) is 0 Å². The summed E-state index contributed by atoms with van der Waals surface area (Å²) in [4.78, 5) is 4.39. The molecule has 0 unspecified atom stereocenters. The molecule has 0 aliphatic rings. The lowest BCUT2D eigenvalue weighted by Gasteiger charge is -1.97. The van der Waals surface area contributed by atoms with Gasteiger partial charge in [-0.15, -0.1) is 5.10 Å². The van der Waals surface area contributed by atoms with E-state index in [1.54, 1.807) is 4.52 Å². The maximum absolute atomic E-state index is 4.39. The van der Waals surface area contributed by atoms with Crippen molar-refractivity contribution in [2.24, 2.45) is 0 Å². The number of unbranched alkanes of at least 4 members (excludes halogenated alkanes) is 1. The largest absolute Gasteiger partial charge is 0.353 e. The van der Waals surface area contributed by atoms with Crippen LogP contribution in [0.15, 0.2) is 18.3 Å². The molecule has 2 heterocycles. The lowest BCUT2D eigenvalue weighted by molar-refractivity contribution is 0.824. The number of aromatic nitrogens is 3. The minimum Gasteiger partial charge on any atom is -0.353 e. The fourth-order valence-electron chi connectivity index (χ4n) is 1.44. The summed E-state index contributed by atoms with van der Waals surface area (Å²) in [5.41, 5.74) is 2.10. The molecule has 2 aromatic heterocycles. The van der Waals surface area contributed by atoms with Crippen molar-refractivity contribution in [1.29, 1.82) is 0 Å². The zero-order valence-electron chi connectivity index (χ0n) is 9.20. The average Bonchev–Trinajstić information content (AvgIpc) is 2.60. The summed E-state index contributed by atoms with van der Waals surface area (Å²) in [5, 5.41) is 7.53. The van der Waals surface area contributed by atoms with Crippen molar-refractivity contribution in [3.8, 4) is 0 Å². The molecular weight excluding hydrogens is 188 g/mol. The van der Waals surface area contributed by atoms with Crippen LogP contribution in [0.5, 0.6) is 0 Å². The van der Waals surface area contributed by atoms with E-state index >= 15 is 0 Å². The van der Waals surface area contributed by atoms with Crippen LogP contribution in [-0.2, 0) is 0 Å². The topological polar surface area (TPSA) is 42.2 Å². The highest BCUT2D eigenvalue weighted by Crippen LogP contribution is 2.07. The Balaban J connectivity index is 2.16. The van der Waals surface area contributed by atoms with Gasteiger partial charge in [0.2, 0.25) is 5.95 Å². The van der Waals surface area contributed by atoms with Gasteiger partial charge in [0, 0.05) is 12.7 Å². The molecule has 80 valence electrons. The highest BCUT2D eigenvalue weighted by atomic mass is 15.3. The molecule has 0 amide bonds. The van der Waals surface area contributed by atoms with Gasteiger partial charge in [0.1, 0.15) is 0 Å². The molecule has 0 spiro atoms. The molecule has 0 aromatic carbocycles. The number of pyridine rings is 1. The lowest BCUT2D eigenvalue weighted by atomic mass is 10.3. The SMILES string of the molecule is CCCCNc1nc2cc(C)ccn2n1. The van der Waals surface area contributed by atoms with Crippen molar-refractivity contribution < 1.29 is 0 Å². The number of nitrogens with zero attached hydrogens (tertiary/aromatic N) is 3. The predicted molar refractivity (Wildman–Crippen MR) is 61.1 cm³/mol. The van der Waals surface area contributed by atoms with Crippen LogP contribution in [0, 0.1) is 6.92 Å². The Labute approximate surface area is 89.3 Å². The molecule has 2 aromatic rings. The Hall–Kier alpha value is -1.58. The highest BCUT2D eigenvalue weighted by molar-refractivity contribution is 5.45. The summed E-state index contributed by atoms with van der Waals surface area (Å²) >= 11 is 0. The van der Waals surface area contributed by atoms with E-state index in [0.717, 1.165) is 18.6 Å². The molecule has 2 rings (SSSR count). The number of hydrogen-bond donors (Lipinski definition) is 1. The Morgan fingerprint density at radius 1 is 1.47 bits per heavy atom. The van der Waals surface area contributed by atoms with Gasteiger partial charge >= 0.3 is 0 Å². The maximum Gasteiger partial charge on any atom is 0.243 e. The van der Waals surface area contributed by atoms with E-state index in [1.807, 2.05) is 18.3 Å². The molecule has 0 radical (unpaired) electrons. The van der Waals surface area contributed by atoms with Crippen LogP contribution in [-0.4, -0.2) is 21.1 Å². The van der Waals surface area contributed by atoms with E-state index in [-0.39, 0.29) is 0 Å². The molecule has 0 bridgehead atoms. The fourth-order valence-corrected chi connectivity index (χ4v) is 1.44. The first kappa shape index (κ1) is 9.96. The quantitative estimate of drug-likeness (QED) is 0.777. The molecular formula is C11H16N4. The van der Waals surface area contributed by atoms with Gasteiger partial charge in [0.05, 0.1) is 0 Å². The van der Waals surface area contributed by atoms with Gasteiger partial charge in [-0.25, -0.2) is 4.52 Å². The van der Waals surface area contributed by atoms with Gasteiger partial charge < -0.3 is 5.32 Å². The predicted octanol–water partition coefficient (Wildman–Crippen LogP) is 2.25. The van der Waals surface area contributed by atoms with Gasteiger partial charge in [0.15, 0.2) is 5.65 Å². The molecule has 15 heavy (non-hydrogen) atoms. The Morgan fingerprint density at radius 2 is 2.33 bits per heavy atom. The highest BCUT2D eigenvalue weighted by Gasteiger charge is 2.01. The molecule has 4 nitrogen and oxygen atoms in total. The van der Waals surface area contributed by atoms with Crippen LogP contribution in [0.2, 0.25) is 0 Å². The van der Waals surface area contributed by atoms with Gasteiger partial charge in [-0.3, -0.25) is 0 Å². The molecule has 4 heteroatoms. The molecule has 0 aliphatic carbocycles. The number of hydrogen-bond acceptors (Lipinski definition) is 3. The van der Waals surface area contributed by atoms with Gasteiger partial charge in [-0.05, 0) is 31.0 Å². The Kier molecular flexibility index (Phi) is 2.85. The van der Waals surface area contributed by atoms with Crippen molar-refractivity contribution in [3.05, 3.63) is 23.9 Å². The monoisotopic (exact) mass is 204 g/mol. The summed E-state index contributed by atoms with van der Waals surface area (Å²) in [5.74, 6) is 0.717. The lowest BCUT2D eigenvalue weighted by Crippen LogP contribution is -2.02. The van der Waals surface area contributed by atoms with Crippen molar-refractivity contribution in [1.82, 2.24) is 14.6 Å². The van der Waals surface area contributed by atoms with E-state index < -0.39 is 0 Å². The minimum atomic E-state index is 0.717. The van der Waals surface area contributed by atoms with E-state index in [0.29, 0.717) is 5.95 Å². The molecule has 0 aliphatic heterocycles. The molecule has 0 saturated heterocycles. The second-order valence-corrected chi connectivity index (χ2v) is 3.72. The van der Waals surface area contributed by atoms with Crippen LogP contribution in [0.25, 0.3) is 5.65 Å². The van der Waals surface area contributed by atoms with Crippen molar-refractivity contribution in [2.45, 2.75) is 26.7 Å². The summed E-state index contributed by atoms with van der Waals surface area (Å²) < 4.78 is 1.79. The third-order valence-electron chi connectivity index (χ3n) is 2.31. The number of rotatable bonds is 4. The third-order valence-corrected chi connectivity index (χ3v) is 2.31. The van der Waals surface area contributed by atoms with Crippen molar-refractivity contribution in [2.75, 3.05) is 11.9 Å². The summed E-state index contributed by atoms with van der Waals surface area (Å²) in [6.07, 6.45) is 4.26. The standard InChI is InChI=1S/C11H16N4/c1-3-4-6-12-11-13-10-8-9(2)5-7-15(10)14-11/h5,7-8H,3-4,6H2,1-2H3,(H,12,14). The molecule has 0 atom stereocenters. The molecule has 0 fully saturated rings. The number of aryl methyl sites for hydroxylation is 1. The first-order valence-corrected chi connectivity index (χ1v) is 5.36. The molecule has 0 saturated carbocycles. The van der Waals surface area contributed by atoms with E-state index in [2.05, 4.69) is 29.2 Å². The number of nitrogens with one attached hydrogen (secondary N) is 1. The number of fused-ring (bicyclic) bond motifs is 1. The smallest absolute Gasteiger partial charge is 0.243 e. The van der Waals surface area contributed by atoms with Gasteiger partial charge in [-0.1, -0.05) is 13.3 Å². The summed E-state index contributed by atoms with van der Waals surface area (Å²) in [6.45, 7) is 5.16. The second kappa shape index (κ2) is 4.29. The number of anilines is 1. The zero-order chi connectivity index (χ0) is 10.7. The van der Waals surface area contributed by atoms with Crippen molar-refractivity contribution in [3.63, 3.8) is 0 Å². The van der Waals surface area contributed by atoms with Crippen LogP contribution < -0.4 is 5.32 Å². The fraction of sp³-hybridized carbons (Fsp3) is 0.455. The third kappa shape index (κ3) is 2.26. The van der Waals surface area contributed by atoms with Gasteiger partial charge in [0.25, 0.3) is 0 Å². The van der Waals surface area contributed by atoms with E-state index in [1.165, 1.54) is 12.0 Å². The first-order valence-electron chi connectivity index (χ1n) is 5.36. The first-order chi connectivity index (χ1) is 7.29. The van der Waals surface area contributed by atoms with Crippen LogP contribution in [0.4, 0.5) is 5.95 Å². The maximum atomic E-state index is 4.39. The Morgan fingerprint density at radius 3 is 3.13 bits per heavy atom. The van der Waals surface area contributed by atoms with Crippen LogP contribution >= 0.6 is 0 Å². The Bertz CT molecular complexity index is 447. The zero-order valence-corrected chi connectivity index (χ0v) is 9.20. The summed E-state index contributed by atoms with van der Waals surface area (Å²) in [7, 11) is 0. The van der Waals surface area contributed by atoms with E-state index in [4.69, 9.17) is 0 Å². The van der Waals surface area contributed by atoms with E-state index in [9.17, 15) is 0 Å².